The SMILES string of the molecule is CNC(c1cccc(F)c1)c1ccccc1OC. The van der Waals surface area contributed by atoms with Crippen molar-refractivity contribution < 1.29 is 9.13 Å². The van der Waals surface area contributed by atoms with Gasteiger partial charge in [0.1, 0.15) is 11.6 Å². The Morgan fingerprint density at radius 2 is 1.89 bits per heavy atom. The molecule has 18 heavy (non-hydrogen) atoms. The molecule has 0 radical (unpaired) electrons. The van der Waals surface area contributed by atoms with Crippen LogP contribution < -0.4 is 10.1 Å². The monoisotopic (exact) mass is 245 g/mol. The van der Waals surface area contributed by atoms with Crippen LogP contribution in [0.3, 0.4) is 0 Å². The van der Waals surface area contributed by atoms with Crippen LogP contribution in [0.1, 0.15) is 17.2 Å². The van der Waals surface area contributed by atoms with Gasteiger partial charge in [-0.3, -0.25) is 0 Å². The molecule has 0 saturated carbocycles. The lowest BCUT2D eigenvalue weighted by molar-refractivity contribution is 0.405. The van der Waals surface area contributed by atoms with E-state index >= 15 is 0 Å². The predicted molar refractivity (Wildman–Crippen MR) is 70.3 cm³/mol. The van der Waals surface area contributed by atoms with Crippen molar-refractivity contribution in [2.45, 2.75) is 6.04 Å². The molecule has 1 N–H and O–H groups in total. The Balaban J connectivity index is 2.45. The molecular weight excluding hydrogens is 229 g/mol. The van der Waals surface area contributed by atoms with Crippen LogP contribution in [-0.4, -0.2) is 14.2 Å². The summed E-state index contributed by atoms with van der Waals surface area (Å²) in [4.78, 5) is 0. The van der Waals surface area contributed by atoms with Crippen LogP contribution in [0.5, 0.6) is 5.75 Å². The highest BCUT2D eigenvalue weighted by Crippen LogP contribution is 2.29. The molecule has 0 spiro atoms. The van der Waals surface area contributed by atoms with Gasteiger partial charge in [0.05, 0.1) is 13.2 Å². The van der Waals surface area contributed by atoms with Crippen molar-refractivity contribution in [1.82, 2.24) is 5.32 Å². The van der Waals surface area contributed by atoms with Crippen molar-refractivity contribution in [1.29, 1.82) is 0 Å². The third-order valence-electron chi connectivity index (χ3n) is 2.92. The zero-order chi connectivity index (χ0) is 13.0. The summed E-state index contributed by atoms with van der Waals surface area (Å²) in [5, 5.41) is 3.19. The van der Waals surface area contributed by atoms with Gasteiger partial charge in [-0.2, -0.15) is 0 Å². The van der Waals surface area contributed by atoms with E-state index in [1.807, 2.05) is 37.4 Å². The van der Waals surface area contributed by atoms with Gasteiger partial charge in [-0.25, -0.2) is 4.39 Å². The molecule has 0 fully saturated rings. The first-order chi connectivity index (χ1) is 8.76. The fourth-order valence-corrected chi connectivity index (χ4v) is 2.09. The summed E-state index contributed by atoms with van der Waals surface area (Å²) < 4.78 is 18.6. The molecular formula is C15H16FNO. The second kappa shape index (κ2) is 5.65. The lowest BCUT2D eigenvalue weighted by Crippen LogP contribution is -2.18. The number of hydrogen-bond acceptors (Lipinski definition) is 2. The van der Waals surface area contributed by atoms with E-state index in [1.165, 1.54) is 12.1 Å². The van der Waals surface area contributed by atoms with Crippen molar-refractivity contribution >= 4 is 0 Å². The quantitative estimate of drug-likeness (QED) is 0.893. The van der Waals surface area contributed by atoms with Crippen molar-refractivity contribution in [3.05, 3.63) is 65.5 Å². The second-order valence-electron chi connectivity index (χ2n) is 4.02. The second-order valence-corrected chi connectivity index (χ2v) is 4.02. The highest BCUT2D eigenvalue weighted by molar-refractivity contribution is 5.41. The highest BCUT2D eigenvalue weighted by atomic mass is 19.1. The Labute approximate surface area is 106 Å². The lowest BCUT2D eigenvalue weighted by Gasteiger charge is -2.19. The van der Waals surface area contributed by atoms with Gasteiger partial charge in [0.15, 0.2) is 0 Å². The van der Waals surface area contributed by atoms with E-state index in [0.717, 1.165) is 16.9 Å². The zero-order valence-electron chi connectivity index (χ0n) is 10.5. The number of methoxy groups -OCH3 is 1. The third-order valence-corrected chi connectivity index (χ3v) is 2.92. The first-order valence-electron chi connectivity index (χ1n) is 5.82. The number of halogens is 1. The number of nitrogens with one attached hydrogen (secondary N) is 1. The summed E-state index contributed by atoms with van der Waals surface area (Å²) >= 11 is 0. The third kappa shape index (κ3) is 2.51. The Morgan fingerprint density at radius 1 is 1.11 bits per heavy atom. The Bertz CT molecular complexity index is 527. The molecule has 94 valence electrons. The fourth-order valence-electron chi connectivity index (χ4n) is 2.09. The molecule has 0 bridgehead atoms. The first kappa shape index (κ1) is 12.6. The van der Waals surface area contributed by atoms with Gasteiger partial charge in [0.2, 0.25) is 0 Å². The van der Waals surface area contributed by atoms with E-state index in [4.69, 9.17) is 4.74 Å². The zero-order valence-corrected chi connectivity index (χ0v) is 10.5. The van der Waals surface area contributed by atoms with Crippen LogP contribution in [0.2, 0.25) is 0 Å². The van der Waals surface area contributed by atoms with Gasteiger partial charge in [-0.05, 0) is 30.8 Å². The molecule has 2 rings (SSSR count). The highest BCUT2D eigenvalue weighted by Gasteiger charge is 2.16. The Hall–Kier alpha value is -1.87. The van der Waals surface area contributed by atoms with E-state index in [2.05, 4.69) is 5.32 Å². The summed E-state index contributed by atoms with van der Waals surface area (Å²) in [7, 11) is 3.49. The fraction of sp³-hybridized carbons (Fsp3) is 0.200. The molecule has 0 aliphatic rings. The Morgan fingerprint density at radius 3 is 2.56 bits per heavy atom. The summed E-state index contributed by atoms with van der Waals surface area (Å²) in [6.45, 7) is 0. The van der Waals surface area contributed by atoms with E-state index in [-0.39, 0.29) is 11.9 Å². The molecule has 1 unspecified atom stereocenters. The normalized spacial score (nSPS) is 12.2. The summed E-state index contributed by atoms with van der Waals surface area (Å²) in [6, 6.07) is 14.2. The van der Waals surface area contributed by atoms with Crippen LogP contribution in [0, 0.1) is 5.82 Å². The van der Waals surface area contributed by atoms with Gasteiger partial charge >= 0.3 is 0 Å². The van der Waals surface area contributed by atoms with Crippen LogP contribution in [-0.2, 0) is 0 Å². The van der Waals surface area contributed by atoms with E-state index in [9.17, 15) is 4.39 Å². The van der Waals surface area contributed by atoms with Crippen molar-refractivity contribution in [3.63, 3.8) is 0 Å². The molecule has 1 atom stereocenters. The number of rotatable bonds is 4. The van der Waals surface area contributed by atoms with Gasteiger partial charge in [-0.15, -0.1) is 0 Å². The van der Waals surface area contributed by atoms with E-state index in [0.29, 0.717) is 0 Å². The molecule has 2 aromatic rings. The van der Waals surface area contributed by atoms with Gasteiger partial charge in [0, 0.05) is 5.56 Å². The predicted octanol–water partition coefficient (Wildman–Crippen LogP) is 3.14. The number of para-hydroxylation sites is 1. The molecule has 0 aliphatic heterocycles. The van der Waals surface area contributed by atoms with Gasteiger partial charge in [0.25, 0.3) is 0 Å². The largest absolute Gasteiger partial charge is 0.496 e. The molecule has 0 aromatic heterocycles. The Kier molecular flexibility index (Phi) is 3.95. The molecule has 3 heteroatoms. The lowest BCUT2D eigenvalue weighted by atomic mass is 9.98. The maximum absolute atomic E-state index is 13.3. The minimum Gasteiger partial charge on any atom is -0.496 e. The van der Waals surface area contributed by atoms with Crippen molar-refractivity contribution in [2.24, 2.45) is 0 Å². The smallest absolute Gasteiger partial charge is 0.123 e. The minimum atomic E-state index is -0.234. The van der Waals surface area contributed by atoms with Crippen LogP contribution in [0.25, 0.3) is 0 Å². The van der Waals surface area contributed by atoms with Crippen molar-refractivity contribution in [2.75, 3.05) is 14.2 Å². The molecule has 2 aromatic carbocycles. The first-order valence-corrected chi connectivity index (χ1v) is 5.82. The topological polar surface area (TPSA) is 21.3 Å². The standard InChI is InChI=1S/C15H16FNO/c1-17-15(11-6-5-7-12(16)10-11)13-8-3-4-9-14(13)18-2/h3-10,15,17H,1-2H3. The molecule has 0 saturated heterocycles. The average molecular weight is 245 g/mol. The van der Waals surface area contributed by atoms with E-state index < -0.39 is 0 Å². The van der Waals surface area contributed by atoms with Gasteiger partial charge in [-0.1, -0.05) is 30.3 Å². The molecule has 2 nitrogen and oxygen atoms in total. The molecule has 0 amide bonds. The average Bonchev–Trinajstić information content (AvgIpc) is 2.40. The van der Waals surface area contributed by atoms with E-state index in [1.54, 1.807) is 13.2 Å². The summed E-state index contributed by atoms with van der Waals surface area (Å²) in [5.74, 6) is 0.559. The van der Waals surface area contributed by atoms with Crippen molar-refractivity contribution in [3.8, 4) is 5.75 Å². The summed E-state index contributed by atoms with van der Waals surface area (Å²) in [5.41, 5.74) is 1.87. The molecule has 0 heterocycles. The summed E-state index contributed by atoms with van der Waals surface area (Å²) in [6.07, 6.45) is 0. The maximum atomic E-state index is 13.3. The van der Waals surface area contributed by atoms with Crippen LogP contribution >= 0.6 is 0 Å². The van der Waals surface area contributed by atoms with Gasteiger partial charge < -0.3 is 10.1 Å². The number of benzene rings is 2. The van der Waals surface area contributed by atoms with Crippen LogP contribution in [0.4, 0.5) is 4.39 Å². The number of hydrogen-bond donors (Lipinski definition) is 1. The van der Waals surface area contributed by atoms with Crippen LogP contribution in [0.15, 0.2) is 48.5 Å². The maximum Gasteiger partial charge on any atom is 0.123 e. The minimum absolute atomic E-state index is 0.0863. The molecule has 0 aliphatic carbocycles. The number of ether oxygens (including phenoxy) is 1.